The van der Waals surface area contributed by atoms with E-state index in [9.17, 15) is 28.1 Å². The Morgan fingerprint density at radius 2 is 1.81 bits per heavy atom. The van der Waals surface area contributed by atoms with Gasteiger partial charge in [0.05, 0.1) is 21.7 Å². The van der Waals surface area contributed by atoms with Crippen molar-refractivity contribution in [1.82, 2.24) is 9.55 Å². The number of aryl methyl sites for hydroxylation is 1. The molecule has 1 aromatic heterocycles. The summed E-state index contributed by atoms with van der Waals surface area (Å²) in [5, 5.41) is 11.4. The van der Waals surface area contributed by atoms with Crippen molar-refractivity contribution in [2.75, 3.05) is 4.90 Å². The van der Waals surface area contributed by atoms with Crippen LogP contribution in [-0.2, 0) is 18.0 Å². The number of alkyl halides is 3. The van der Waals surface area contributed by atoms with Gasteiger partial charge in [-0.2, -0.15) is 13.2 Å². The Hall–Kier alpha value is -3.63. The number of para-hydroxylation sites is 1. The van der Waals surface area contributed by atoms with E-state index in [4.69, 9.17) is 4.74 Å². The van der Waals surface area contributed by atoms with Crippen molar-refractivity contribution in [2.24, 2.45) is 7.05 Å². The Balaban J connectivity index is 2.25. The number of nitrogens with zero attached hydrogens (tertiary/aromatic N) is 4. The first-order chi connectivity index (χ1) is 14.3. The van der Waals surface area contributed by atoms with Gasteiger partial charge in [-0.15, -0.1) is 0 Å². The lowest BCUT2D eigenvalue weighted by Gasteiger charge is -2.27. The molecule has 0 aliphatic heterocycles. The van der Waals surface area contributed by atoms with E-state index in [0.29, 0.717) is 5.52 Å². The van der Waals surface area contributed by atoms with Crippen LogP contribution in [0.4, 0.5) is 35.3 Å². The smallest absolute Gasteiger partial charge is 0.421 e. The molecule has 0 aliphatic rings. The number of halogens is 3. The van der Waals surface area contributed by atoms with Gasteiger partial charge >= 0.3 is 12.3 Å². The lowest BCUT2D eigenvalue weighted by Crippen LogP contribution is -2.35. The van der Waals surface area contributed by atoms with Crippen LogP contribution in [0.2, 0.25) is 0 Å². The van der Waals surface area contributed by atoms with Gasteiger partial charge in [0, 0.05) is 13.1 Å². The Morgan fingerprint density at radius 3 is 2.39 bits per heavy atom. The number of non-ortho nitro benzene ring substituents is 1. The summed E-state index contributed by atoms with van der Waals surface area (Å²) in [5.41, 5.74) is -2.05. The van der Waals surface area contributed by atoms with E-state index < -0.39 is 28.4 Å². The predicted octanol–water partition coefficient (Wildman–Crippen LogP) is 5.57. The number of hydrogen-bond donors (Lipinski definition) is 0. The van der Waals surface area contributed by atoms with E-state index in [1.807, 2.05) is 0 Å². The van der Waals surface area contributed by atoms with Gasteiger partial charge in [0.2, 0.25) is 5.95 Å². The van der Waals surface area contributed by atoms with Crippen molar-refractivity contribution in [3.05, 3.63) is 58.1 Å². The molecule has 0 atom stereocenters. The number of ether oxygens (including phenoxy) is 1. The number of anilines is 2. The van der Waals surface area contributed by atoms with Gasteiger partial charge in [-0.1, -0.05) is 12.1 Å². The number of amides is 1. The number of carbonyl (C=O) groups excluding carboxylic acids is 1. The maximum absolute atomic E-state index is 13.3. The van der Waals surface area contributed by atoms with Crippen LogP contribution in [0.3, 0.4) is 0 Å². The first-order valence-electron chi connectivity index (χ1n) is 9.10. The van der Waals surface area contributed by atoms with Crippen LogP contribution >= 0.6 is 0 Å². The highest BCUT2D eigenvalue weighted by molar-refractivity contribution is 5.97. The number of rotatable bonds is 3. The molecule has 0 aliphatic carbocycles. The number of carbonyl (C=O) groups is 1. The van der Waals surface area contributed by atoms with Gasteiger partial charge in [-0.25, -0.2) is 14.7 Å². The minimum atomic E-state index is -4.64. The summed E-state index contributed by atoms with van der Waals surface area (Å²) in [6.45, 7) is 4.82. The molecule has 0 N–H and O–H groups in total. The second-order valence-corrected chi connectivity index (χ2v) is 7.74. The third-order valence-corrected chi connectivity index (χ3v) is 4.27. The van der Waals surface area contributed by atoms with E-state index in [0.717, 1.165) is 23.1 Å². The van der Waals surface area contributed by atoms with Crippen molar-refractivity contribution in [2.45, 2.75) is 32.5 Å². The van der Waals surface area contributed by atoms with E-state index >= 15 is 0 Å². The zero-order valence-electron chi connectivity index (χ0n) is 17.1. The summed E-state index contributed by atoms with van der Waals surface area (Å²) in [6.07, 6.45) is -5.62. The Labute approximate surface area is 175 Å². The monoisotopic (exact) mass is 436 g/mol. The maximum Gasteiger partial charge on any atom is 0.421 e. The average molecular weight is 436 g/mol. The van der Waals surface area contributed by atoms with Gasteiger partial charge in [0.25, 0.3) is 5.69 Å². The van der Waals surface area contributed by atoms with Crippen LogP contribution in [-0.4, -0.2) is 26.2 Å². The van der Waals surface area contributed by atoms with Crippen molar-refractivity contribution in [1.29, 1.82) is 0 Å². The number of aromatic nitrogens is 2. The highest BCUT2D eigenvalue weighted by Gasteiger charge is 2.34. The molecule has 164 valence electrons. The van der Waals surface area contributed by atoms with Crippen LogP contribution in [0.25, 0.3) is 11.0 Å². The summed E-state index contributed by atoms with van der Waals surface area (Å²) in [6, 6.07) is 8.37. The van der Waals surface area contributed by atoms with Crippen molar-refractivity contribution < 1.29 is 27.6 Å². The summed E-state index contributed by atoms with van der Waals surface area (Å²) < 4.78 is 46.6. The Morgan fingerprint density at radius 1 is 1.16 bits per heavy atom. The minimum Gasteiger partial charge on any atom is -0.443 e. The fourth-order valence-corrected chi connectivity index (χ4v) is 2.97. The largest absolute Gasteiger partial charge is 0.443 e. The number of imidazole rings is 1. The normalized spacial score (nSPS) is 12.1. The molecule has 0 saturated heterocycles. The molecular weight excluding hydrogens is 417 g/mol. The number of benzene rings is 2. The number of hydrogen-bond acceptors (Lipinski definition) is 5. The third kappa shape index (κ3) is 4.44. The van der Waals surface area contributed by atoms with Crippen LogP contribution in [0.1, 0.15) is 26.3 Å². The number of nitro benzene ring substituents is 1. The van der Waals surface area contributed by atoms with Crippen LogP contribution in [0, 0.1) is 10.1 Å². The van der Waals surface area contributed by atoms with Crippen LogP contribution in [0.15, 0.2) is 42.5 Å². The molecule has 11 heteroatoms. The average Bonchev–Trinajstić information content (AvgIpc) is 2.96. The maximum atomic E-state index is 13.3. The molecule has 0 saturated carbocycles. The third-order valence-electron chi connectivity index (χ3n) is 4.27. The molecule has 2 aromatic carbocycles. The van der Waals surface area contributed by atoms with Crippen molar-refractivity contribution in [3.63, 3.8) is 0 Å². The van der Waals surface area contributed by atoms with Crippen LogP contribution < -0.4 is 4.90 Å². The summed E-state index contributed by atoms with van der Waals surface area (Å²) in [7, 11) is 1.50. The molecule has 31 heavy (non-hydrogen) atoms. The first kappa shape index (κ1) is 22.1. The lowest BCUT2D eigenvalue weighted by molar-refractivity contribution is -0.383. The first-order valence-corrected chi connectivity index (χ1v) is 9.10. The van der Waals surface area contributed by atoms with Gasteiger partial charge in [-0.3, -0.25) is 10.1 Å². The number of fused-ring (bicyclic) bond motifs is 1. The summed E-state index contributed by atoms with van der Waals surface area (Å²) in [5.74, 6) is -0.127. The quantitative estimate of drug-likeness (QED) is 0.395. The fourth-order valence-electron chi connectivity index (χ4n) is 2.97. The molecule has 3 aromatic rings. The van der Waals surface area contributed by atoms with Gasteiger partial charge in [0.15, 0.2) is 5.52 Å². The van der Waals surface area contributed by atoms with Crippen molar-refractivity contribution >= 4 is 34.4 Å². The molecule has 0 spiro atoms. The molecule has 1 amide bonds. The standard InChI is InChI=1S/C20H19F3N4O4/c1-19(2,3)31-18(28)26(13-8-5-7-12(11-13)20(21,22)23)17-24-16-14(25(17)4)9-6-10-15(16)27(29)30/h5-11H,1-4H3. The number of nitro groups is 1. The topological polar surface area (TPSA) is 90.5 Å². The molecule has 0 bridgehead atoms. The second kappa shape index (κ2) is 7.56. The van der Waals surface area contributed by atoms with Gasteiger partial charge in [-0.05, 0) is 45.0 Å². The predicted molar refractivity (Wildman–Crippen MR) is 107 cm³/mol. The summed E-state index contributed by atoms with van der Waals surface area (Å²) in [4.78, 5) is 28.8. The molecule has 0 fully saturated rings. The van der Waals surface area contributed by atoms with E-state index in [1.165, 1.54) is 29.8 Å². The van der Waals surface area contributed by atoms with Crippen molar-refractivity contribution in [3.8, 4) is 0 Å². The van der Waals surface area contributed by atoms with E-state index in [-0.39, 0.29) is 22.8 Å². The second-order valence-electron chi connectivity index (χ2n) is 7.74. The zero-order chi connectivity index (χ0) is 23.1. The zero-order valence-corrected chi connectivity index (χ0v) is 17.1. The highest BCUT2D eigenvalue weighted by Crippen LogP contribution is 2.36. The SMILES string of the molecule is Cn1c(N(C(=O)OC(C)(C)C)c2cccc(C(F)(F)F)c2)nc2c([N+](=O)[O-])cccc21. The van der Waals surface area contributed by atoms with E-state index in [1.54, 1.807) is 26.8 Å². The van der Waals surface area contributed by atoms with Gasteiger partial charge < -0.3 is 9.30 Å². The molecule has 8 nitrogen and oxygen atoms in total. The Kier molecular flexibility index (Phi) is 5.38. The van der Waals surface area contributed by atoms with Gasteiger partial charge in [0.1, 0.15) is 5.60 Å². The molecule has 0 radical (unpaired) electrons. The molecule has 3 rings (SSSR count). The lowest BCUT2D eigenvalue weighted by atomic mass is 10.2. The summed E-state index contributed by atoms with van der Waals surface area (Å²) >= 11 is 0. The minimum absolute atomic E-state index is 0.00876. The highest BCUT2D eigenvalue weighted by atomic mass is 19.4. The fraction of sp³-hybridized carbons (Fsp3) is 0.300. The molecular formula is C20H19F3N4O4. The van der Waals surface area contributed by atoms with Crippen LogP contribution in [0.5, 0.6) is 0 Å². The molecule has 1 heterocycles. The van der Waals surface area contributed by atoms with E-state index in [2.05, 4.69) is 4.98 Å². The molecule has 0 unspecified atom stereocenters. The Bertz CT molecular complexity index is 1170.